The summed E-state index contributed by atoms with van der Waals surface area (Å²) in [5.74, 6) is 3.05. The molecule has 4 bridgehead atoms. The Morgan fingerprint density at radius 1 is 0.857 bits per heavy atom. The number of rotatable bonds is 3. The van der Waals surface area contributed by atoms with E-state index in [4.69, 9.17) is 0 Å². The Bertz CT molecular complexity index is 729. The Balaban J connectivity index is 1.18. The summed E-state index contributed by atoms with van der Waals surface area (Å²) in [5.41, 5.74) is 0.836. The Kier molecular flexibility index (Phi) is 4.37. The van der Waals surface area contributed by atoms with E-state index in [1.165, 1.54) is 19.3 Å². The normalized spacial score (nSPS) is 33.9. The second-order valence-electron chi connectivity index (χ2n) is 9.71. The summed E-state index contributed by atoms with van der Waals surface area (Å²) in [6, 6.07) is 6.81. The summed E-state index contributed by atoms with van der Waals surface area (Å²) in [7, 11) is 0. The number of carbonyl (C=O) groups excluding carboxylic acids is 2. The number of hydrogen-bond donors (Lipinski definition) is 1. The predicted octanol–water partition coefficient (Wildman–Crippen LogP) is 2.82. The molecule has 0 radical (unpaired) electrons. The quantitative estimate of drug-likeness (QED) is 0.874. The highest BCUT2D eigenvalue weighted by Crippen LogP contribution is 2.60. The fraction of sp³-hybridized carbons (Fsp3) is 0.652. The zero-order valence-electron chi connectivity index (χ0n) is 16.5. The van der Waals surface area contributed by atoms with Gasteiger partial charge in [-0.05, 0) is 74.0 Å². The molecular formula is C23H30N2O3. The molecule has 1 aliphatic heterocycles. The molecule has 5 aliphatic rings. The summed E-state index contributed by atoms with van der Waals surface area (Å²) in [6.45, 7) is 2.61. The molecule has 5 heteroatoms. The first-order chi connectivity index (χ1) is 13.5. The molecule has 1 N–H and O–H groups in total. The first-order valence-electron chi connectivity index (χ1n) is 10.9. The lowest BCUT2D eigenvalue weighted by Gasteiger charge is -2.57. The van der Waals surface area contributed by atoms with Crippen LogP contribution >= 0.6 is 0 Å². The molecule has 6 rings (SSSR count). The Hall–Kier alpha value is -2.04. The van der Waals surface area contributed by atoms with Crippen LogP contribution in [-0.4, -0.2) is 52.9 Å². The molecule has 0 unspecified atom stereocenters. The molecule has 0 atom stereocenters. The maximum absolute atomic E-state index is 13.4. The van der Waals surface area contributed by atoms with Crippen molar-refractivity contribution in [3.63, 3.8) is 0 Å². The van der Waals surface area contributed by atoms with Gasteiger partial charge in [-0.1, -0.05) is 12.1 Å². The summed E-state index contributed by atoms with van der Waals surface area (Å²) in [6.07, 6.45) is 7.74. The van der Waals surface area contributed by atoms with Gasteiger partial charge in [0.2, 0.25) is 11.8 Å². The van der Waals surface area contributed by atoms with Gasteiger partial charge in [-0.15, -0.1) is 0 Å². The van der Waals surface area contributed by atoms with Gasteiger partial charge in [0, 0.05) is 26.2 Å². The smallest absolute Gasteiger partial charge is 0.228 e. The number of amides is 2. The van der Waals surface area contributed by atoms with Crippen molar-refractivity contribution in [3.05, 3.63) is 29.8 Å². The third-order valence-electron chi connectivity index (χ3n) is 7.70. The molecule has 5 nitrogen and oxygen atoms in total. The van der Waals surface area contributed by atoms with Crippen LogP contribution in [0.3, 0.4) is 0 Å². The largest absolute Gasteiger partial charge is 0.508 e. The van der Waals surface area contributed by atoms with Crippen LogP contribution in [0.15, 0.2) is 24.3 Å². The Morgan fingerprint density at radius 3 is 1.89 bits per heavy atom. The second-order valence-corrected chi connectivity index (χ2v) is 9.71. The topological polar surface area (TPSA) is 60.9 Å². The second kappa shape index (κ2) is 6.78. The van der Waals surface area contributed by atoms with Crippen molar-refractivity contribution in [2.75, 3.05) is 26.2 Å². The Labute approximate surface area is 166 Å². The molecule has 2 amide bonds. The van der Waals surface area contributed by atoms with Gasteiger partial charge in [0.1, 0.15) is 5.75 Å². The van der Waals surface area contributed by atoms with Crippen LogP contribution in [0.1, 0.15) is 44.1 Å². The number of carbonyl (C=O) groups is 2. The van der Waals surface area contributed by atoms with Crippen molar-refractivity contribution in [1.82, 2.24) is 9.80 Å². The van der Waals surface area contributed by atoms with Crippen LogP contribution in [0.5, 0.6) is 5.75 Å². The molecule has 1 aromatic rings. The highest BCUT2D eigenvalue weighted by molar-refractivity contribution is 5.84. The standard InChI is InChI=1S/C23H30N2O3/c26-20-3-1-16(2-4-20)12-21(27)24-5-7-25(8-6-24)22(28)23-13-17-9-18(14-23)11-19(10-17)15-23/h1-4,17-19,26H,5-15H2. The van der Waals surface area contributed by atoms with Crippen LogP contribution in [-0.2, 0) is 16.0 Å². The van der Waals surface area contributed by atoms with E-state index in [-0.39, 0.29) is 17.1 Å². The van der Waals surface area contributed by atoms with Crippen LogP contribution in [0.2, 0.25) is 0 Å². The van der Waals surface area contributed by atoms with E-state index in [2.05, 4.69) is 4.90 Å². The maximum Gasteiger partial charge on any atom is 0.228 e. The molecular weight excluding hydrogens is 352 g/mol. The van der Waals surface area contributed by atoms with E-state index in [9.17, 15) is 14.7 Å². The third-order valence-corrected chi connectivity index (χ3v) is 7.70. The van der Waals surface area contributed by atoms with Gasteiger partial charge in [0.05, 0.1) is 11.8 Å². The highest BCUT2D eigenvalue weighted by Gasteiger charge is 2.55. The van der Waals surface area contributed by atoms with Crippen LogP contribution in [0.25, 0.3) is 0 Å². The van der Waals surface area contributed by atoms with E-state index in [0.29, 0.717) is 38.5 Å². The Morgan fingerprint density at radius 2 is 1.36 bits per heavy atom. The van der Waals surface area contributed by atoms with Crippen molar-refractivity contribution in [2.24, 2.45) is 23.2 Å². The van der Waals surface area contributed by atoms with Crippen molar-refractivity contribution in [1.29, 1.82) is 0 Å². The molecule has 1 aromatic carbocycles. The van der Waals surface area contributed by atoms with Gasteiger partial charge in [-0.25, -0.2) is 0 Å². The van der Waals surface area contributed by atoms with Crippen molar-refractivity contribution in [3.8, 4) is 5.75 Å². The average Bonchev–Trinajstić information content (AvgIpc) is 2.68. The first kappa shape index (κ1) is 18.0. The van der Waals surface area contributed by atoms with E-state index in [0.717, 1.165) is 42.6 Å². The predicted molar refractivity (Wildman–Crippen MR) is 106 cm³/mol. The molecule has 5 fully saturated rings. The molecule has 0 spiro atoms. The van der Waals surface area contributed by atoms with Crippen molar-refractivity contribution < 1.29 is 14.7 Å². The lowest BCUT2D eigenvalue weighted by molar-refractivity contribution is -0.160. The van der Waals surface area contributed by atoms with E-state index in [1.807, 2.05) is 4.90 Å². The number of phenols is 1. The molecule has 4 aliphatic carbocycles. The third kappa shape index (κ3) is 3.19. The zero-order chi connectivity index (χ0) is 19.3. The van der Waals surface area contributed by atoms with Gasteiger partial charge >= 0.3 is 0 Å². The monoisotopic (exact) mass is 382 g/mol. The molecule has 1 saturated heterocycles. The minimum atomic E-state index is -0.0764. The number of aromatic hydroxyl groups is 1. The minimum Gasteiger partial charge on any atom is -0.508 e. The highest BCUT2D eigenvalue weighted by atomic mass is 16.3. The van der Waals surface area contributed by atoms with Crippen LogP contribution < -0.4 is 0 Å². The summed E-state index contributed by atoms with van der Waals surface area (Å²) >= 11 is 0. The number of hydrogen-bond acceptors (Lipinski definition) is 3. The molecule has 0 aromatic heterocycles. The first-order valence-corrected chi connectivity index (χ1v) is 10.9. The molecule has 4 saturated carbocycles. The summed E-state index contributed by atoms with van der Waals surface area (Å²) in [4.78, 5) is 30.0. The number of nitrogens with zero attached hydrogens (tertiary/aromatic N) is 2. The van der Waals surface area contributed by atoms with Gasteiger partial charge in [-0.3, -0.25) is 9.59 Å². The zero-order valence-corrected chi connectivity index (χ0v) is 16.5. The van der Waals surface area contributed by atoms with Crippen LogP contribution in [0.4, 0.5) is 0 Å². The number of piperazine rings is 1. The van der Waals surface area contributed by atoms with Gasteiger partial charge in [-0.2, -0.15) is 0 Å². The average molecular weight is 383 g/mol. The van der Waals surface area contributed by atoms with Gasteiger partial charge in [0.25, 0.3) is 0 Å². The number of phenolic OH excluding ortho intramolecular Hbond substituents is 1. The van der Waals surface area contributed by atoms with E-state index in [1.54, 1.807) is 24.3 Å². The van der Waals surface area contributed by atoms with Crippen molar-refractivity contribution >= 4 is 11.8 Å². The SMILES string of the molecule is O=C(Cc1ccc(O)cc1)N1CCN(C(=O)C23CC4CC(CC(C4)C2)C3)CC1. The van der Waals surface area contributed by atoms with E-state index < -0.39 is 0 Å². The van der Waals surface area contributed by atoms with Gasteiger partial charge < -0.3 is 14.9 Å². The molecule has 1 heterocycles. The molecule has 150 valence electrons. The fourth-order valence-electron chi connectivity index (χ4n) is 6.77. The van der Waals surface area contributed by atoms with Gasteiger partial charge in [0.15, 0.2) is 0 Å². The lowest BCUT2D eigenvalue weighted by Crippen LogP contribution is -2.58. The van der Waals surface area contributed by atoms with E-state index >= 15 is 0 Å². The van der Waals surface area contributed by atoms with Crippen molar-refractivity contribution in [2.45, 2.75) is 44.9 Å². The summed E-state index contributed by atoms with van der Waals surface area (Å²) < 4.78 is 0. The van der Waals surface area contributed by atoms with Crippen LogP contribution in [0, 0.1) is 23.2 Å². The summed E-state index contributed by atoms with van der Waals surface area (Å²) in [5, 5.41) is 9.38. The molecule has 28 heavy (non-hydrogen) atoms. The number of benzene rings is 1. The fourth-order valence-corrected chi connectivity index (χ4v) is 6.77. The minimum absolute atomic E-state index is 0.0764. The lowest BCUT2D eigenvalue weighted by atomic mass is 9.49. The maximum atomic E-state index is 13.4.